The number of nitrogens with one attached hydrogen (secondary N) is 1. The molecule has 5 heteroatoms. The standard InChI is InChI=1S/C20H27N3O2/c24-19(13-17-12-14-4-5-16(17)11-14)23-9-6-15(7-10-23)20(25)22-18-3-1-2-8-21-18/h1-3,8,14-17H,4-7,9-13H2,(H,21,22,25)/t14-,16-,17-/m0/s1. The smallest absolute Gasteiger partial charge is 0.228 e. The van der Waals surface area contributed by atoms with E-state index >= 15 is 0 Å². The van der Waals surface area contributed by atoms with E-state index in [1.54, 1.807) is 12.3 Å². The van der Waals surface area contributed by atoms with Crippen molar-refractivity contribution in [3.8, 4) is 0 Å². The number of likely N-dealkylation sites (tertiary alicyclic amines) is 1. The molecule has 5 nitrogen and oxygen atoms in total. The van der Waals surface area contributed by atoms with E-state index in [1.165, 1.54) is 25.7 Å². The highest BCUT2D eigenvalue weighted by molar-refractivity contribution is 5.91. The Balaban J connectivity index is 1.24. The lowest BCUT2D eigenvalue weighted by molar-refractivity contribution is -0.135. The van der Waals surface area contributed by atoms with Crippen LogP contribution in [0.25, 0.3) is 0 Å². The molecule has 0 spiro atoms. The summed E-state index contributed by atoms with van der Waals surface area (Å²) in [7, 11) is 0. The molecule has 3 aliphatic rings. The van der Waals surface area contributed by atoms with Gasteiger partial charge in [0, 0.05) is 31.6 Å². The third-order valence-corrected chi connectivity index (χ3v) is 6.46. The number of rotatable bonds is 4. The Labute approximate surface area is 149 Å². The van der Waals surface area contributed by atoms with Crippen LogP contribution in [-0.2, 0) is 9.59 Å². The van der Waals surface area contributed by atoms with Gasteiger partial charge in [-0.05, 0) is 62.0 Å². The first-order valence-corrected chi connectivity index (χ1v) is 9.68. The lowest BCUT2D eigenvalue weighted by Gasteiger charge is -2.33. The molecule has 134 valence electrons. The maximum Gasteiger partial charge on any atom is 0.228 e. The molecule has 2 amide bonds. The van der Waals surface area contributed by atoms with Crippen LogP contribution in [0.2, 0.25) is 0 Å². The summed E-state index contributed by atoms with van der Waals surface area (Å²) in [6.07, 6.45) is 9.23. The zero-order chi connectivity index (χ0) is 17.2. The Morgan fingerprint density at radius 1 is 1.12 bits per heavy atom. The van der Waals surface area contributed by atoms with Crippen LogP contribution in [0.5, 0.6) is 0 Å². The van der Waals surface area contributed by atoms with Crippen LogP contribution < -0.4 is 5.32 Å². The average Bonchev–Trinajstić information content (AvgIpc) is 3.25. The largest absolute Gasteiger partial charge is 0.343 e. The minimum atomic E-state index is -0.0199. The van der Waals surface area contributed by atoms with E-state index in [4.69, 9.17) is 0 Å². The van der Waals surface area contributed by atoms with Crippen molar-refractivity contribution in [3.63, 3.8) is 0 Å². The van der Waals surface area contributed by atoms with Crippen LogP contribution in [-0.4, -0.2) is 34.8 Å². The summed E-state index contributed by atoms with van der Waals surface area (Å²) >= 11 is 0. The first-order valence-electron chi connectivity index (χ1n) is 9.68. The predicted octanol–water partition coefficient (Wildman–Crippen LogP) is 3.09. The second-order valence-corrected chi connectivity index (χ2v) is 8.00. The third-order valence-electron chi connectivity index (χ3n) is 6.46. The Kier molecular flexibility index (Phi) is 4.73. The molecule has 2 heterocycles. The fourth-order valence-corrected chi connectivity index (χ4v) is 5.04. The van der Waals surface area contributed by atoms with E-state index in [9.17, 15) is 9.59 Å². The van der Waals surface area contributed by atoms with Crippen LogP contribution >= 0.6 is 0 Å². The highest BCUT2D eigenvalue weighted by Gasteiger charge is 2.41. The van der Waals surface area contributed by atoms with Gasteiger partial charge in [-0.3, -0.25) is 9.59 Å². The van der Waals surface area contributed by atoms with Gasteiger partial charge in [-0.2, -0.15) is 0 Å². The van der Waals surface area contributed by atoms with Crippen molar-refractivity contribution in [1.82, 2.24) is 9.88 Å². The first-order chi connectivity index (χ1) is 12.2. The van der Waals surface area contributed by atoms with Crippen LogP contribution in [0, 0.1) is 23.7 Å². The highest BCUT2D eigenvalue weighted by Crippen LogP contribution is 2.49. The van der Waals surface area contributed by atoms with E-state index < -0.39 is 0 Å². The van der Waals surface area contributed by atoms with Crippen molar-refractivity contribution in [3.05, 3.63) is 24.4 Å². The number of hydrogen-bond donors (Lipinski definition) is 1. The minimum absolute atomic E-state index is 0.0199. The molecular weight excluding hydrogens is 314 g/mol. The summed E-state index contributed by atoms with van der Waals surface area (Å²) in [6, 6.07) is 5.49. The maximum atomic E-state index is 12.6. The van der Waals surface area contributed by atoms with Crippen molar-refractivity contribution in [2.24, 2.45) is 23.7 Å². The summed E-state index contributed by atoms with van der Waals surface area (Å²) in [5.74, 6) is 3.23. The van der Waals surface area contributed by atoms with E-state index in [2.05, 4.69) is 10.3 Å². The molecule has 2 bridgehead atoms. The average molecular weight is 341 g/mol. The molecule has 3 atom stereocenters. The Bertz CT molecular complexity index is 625. The molecule has 1 aliphatic heterocycles. The number of anilines is 1. The van der Waals surface area contributed by atoms with Gasteiger partial charge in [0.05, 0.1) is 0 Å². The van der Waals surface area contributed by atoms with Crippen LogP contribution in [0.1, 0.15) is 44.9 Å². The summed E-state index contributed by atoms with van der Waals surface area (Å²) in [6.45, 7) is 1.42. The van der Waals surface area contributed by atoms with E-state index in [0.29, 0.717) is 30.7 Å². The number of piperidine rings is 1. The Morgan fingerprint density at radius 3 is 2.60 bits per heavy atom. The quantitative estimate of drug-likeness (QED) is 0.915. The zero-order valence-corrected chi connectivity index (χ0v) is 14.7. The summed E-state index contributed by atoms with van der Waals surface area (Å²) in [5, 5.41) is 2.88. The number of hydrogen-bond acceptors (Lipinski definition) is 3. The minimum Gasteiger partial charge on any atom is -0.343 e. The molecule has 3 fully saturated rings. The normalized spacial score (nSPS) is 29.0. The van der Waals surface area contributed by atoms with Gasteiger partial charge in [-0.15, -0.1) is 0 Å². The molecule has 0 aromatic carbocycles. The molecule has 4 rings (SSSR count). The molecule has 0 unspecified atom stereocenters. The van der Waals surface area contributed by atoms with Gasteiger partial charge in [0.1, 0.15) is 5.82 Å². The molecule has 1 N–H and O–H groups in total. The van der Waals surface area contributed by atoms with Gasteiger partial charge in [0.25, 0.3) is 0 Å². The molecule has 25 heavy (non-hydrogen) atoms. The third kappa shape index (κ3) is 3.70. The number of carbonyl (C=O) groups is 2. The SMILES string of the molecule is O=C(Nc1ccccn1)C1CCN(C(=O)C[C@@H]2C[C@H]3CC[C@H]2C3)CC1. The van der Waals surface area contributed by atoms with Gasteiger partial charge in [0.2, 0.25) is 11.8 Å². The van der Waals surface area contributed by atoms with Crippen molar-refractivity contribution in [2.75, 3.05) is 18.4 Å². The maximum absolute atomic E-state index is 12.6. The number of aromatic nitrogens is 1. The molecule has 1 aromatic rings. The second kappa shape index (κ2) is 7.14. The van der Waals surface area contributed by atoms with Gasteiger partial charge in [0.15, 0.2) is 0 Å². The van der Waals surface area contributed by atoms with E-state index in [0.717, 1.165) is 31.1 Å². The fraction of sp³-hybridized carbons (Fsp3) is 0.650. The number of pyridine rings is 1. The van der Waals surface area contributed by atoms with Crippen molar-refractivity contribution < 1.29 is 9.59 Å². The molecular formula is C20H27N3O2. The Morgan fingerprint density at radius 2 is 1.96 bits per heavy atom. The number of carbonyl (C=O) groups excluding carboxylic acids is 2. The highest BCUT2D eigenvalue weighted by atomic mass is 16.2. The number of amides is 2. The van der Waals surface area contributed by atoms with Gasteiger partial charge >= 0.3 is 0 Å². The summed E-state index contributed by atoms with van der Waals surface area (Å²) in [5.41, 5.74) is 0. The van der Waals surface area contributed by atoms with Crippen molar-refractivity contribution in [2.45, 2.75) is 44.9 Å². The lowest BCUT2D eigenvalue weighted by Crippen LogP contribution is -2.42. The van der Waals surface area contributed by atoms with Gasteiger partial charge in [-0.1, -0.05) is 12.5 Å². The molecule has 1 saturated heterocycles. The van der Waals surface area contributed by atoms with Crippen molar-refractivity contribution in [1.29, 1.82) is 0 Å². The summed E-state index contributed by atoms with van der Waals surface area (Å²) < 4.78 is 0. The monoisotopic (exact) mass is 341 g/mol. The van der Waals surface area contributed by atoms with Gasteiger partial charge in [-0.25, -0.2) is 4.98 Å². The predicted molar refractivity (Wildman–Crippen MR) is 95.7 cm³/mol. The Hall–Kier alpha value is -1.91. The molecule has 0 radical (unpaired) electrons. The number of fused-ring (bicyclic) bond motifs is 2. The van der Waals surface area contributed by atoms with Crippen LogP contribution in [0.15, 0.2) is 24.4 Å². The van der Waals surface area contributed by atoms with Crippen molar-refractivity contribution >= 4 is 17.6 Å². The molecule has 2 saturated carbocycles. The lowest BCUT2D eigenvalue weighted by atomic mass is 9.85. The van der Waals surface area contributed by atoms with E-state index in [1.807, 2.05) is 17.0 Å². The molecule has 2 aliphatic carbocycles. The van der Waals surface area contributed by atoms with E-state index in [-0.39, 0.29) is 11.8 Å². The second-order valence-electron chi connectivity index (χ2n) is 8.00. The number of nitrogens with zero attached hydrogens (tertiary/aromatic N) is 2. The van der Waals surface area contributed by atoms with Crippen LogP contribution in [0.3, 0.4) is 0 Å². The summed E-state index contributed by atoms with van der Waals surface area (Å²) in [4.78, 5) is 31.1. The van der Waals surface area contributed by atoms with Gasteiger partial charge < -0.3 is 10.2 Å². The molecule has 1 aromatic heterocycles. The zero-order valence-electron chi connectivity index (χ0n) is 14.7. The fourth-order valence-electron chi connectivity index (χ4n) is 5.04. The first kappa shape index (κ1) is 16.6. The van der Waals surface area contributed by atoms with Crippen LogP contribution in [0.4, 0.5) is 5.82 Å². The topological polar surface area (TPSA) is 62.3 Å².